The molecular weight excluding hydrogens is 188 g/mol. The van der Waals surface area contributed by atoms with Gasteiger partial charge in [-0.1, -0.05) is 11.6 Å². The van der Waals surface area contributed by atoms with Gasteiger partial charge in [0.05, 0.1) is 5.02 Å². The van der Waals surface area contributed by atoms with Crippen LogP contribution in [-0.2, 0) is 0 Å². The molecule has 0 saturated heterocycles. The second-order valence-corrected chi connectivity index (χ2v) is 3.09. The predicted octanol–water partition coefficient (Wildman–Crippen LogP) is 1.27. The zero-order chi connectivity index (χ0) is 9.42. The van der Waals surface area contributed by atoms with E-state index in [0.29, 0.717) is 10.7 Å². The highest BCUT2D eigenvalue weighted by Gasteiger charge is 2.03. The minimum Gasteiger partial charge on any atom is -0.382 e. The summed E-state index contributed by atoms with van der Waals surface area (Å²) in [5.74, 6) is -0.0418. The third-order valence-electron chi connectivity index (χ3n) is 1.69. The fraction of sp³-hybridized carbons (Fsp3) is 0. The van der Waals surface area contributed by atoms with Crippen LogP contribution in [0, 0.1) is 5.41 Å². The molecule has 0 radical (unpaired) electrons. The zero-order valence-corrected chi connectivity index (χ0v) is 7.42. The average Bonchev–Trinajstić information content (AvgIpc) is 2.46. The van der Waals surface area contributed by atoms with Gasteiger partial charge < -0.3 is 10.1 Å². The number of rotatable bonds is 1. The molecule has 5 heteroatoms. The largest absolute Gasteiger partial charge is 0.382 e. The standard InChI is InChI=1S/C8H7ClN4/c9-5-1-2-7-12-6(8(10)11)4-13(7)3-5/h1-4H,(H3,10,11). The van der Waals surface area contributed by atoms with Crippen LogP contribution in [0.25, 0.3) is 5.65 Å². The quantitative estimate of drug-likeness (QED) is 0.530. The van der Waals surface area contributed by atoms with Crippen molar-refractivity contribution in [1.82, 2.24) is 9.38 Å². The van der Waals surface area contributed by atoms with Crippen molar-refractivity contribution in [3.8, 4) is 0 Å². The maximum atomic E-state index is 7.19. The molecule has 0 aromatic carbocycles. The molecule has 0 unspecified atom stereocenters. The highest BCUT2D eigenvalue weighted by atomic mass is 35.5. The van der Waals surface area contributed by atoms with E-state index >= 15 is 0 Å². The number of pyridine rings is 1. The number of hydrogen-bond donors (Lipinski definition) is 2. The summed E-state index contributed by atoms with van der Waals surface area (Å²) in [6, 6.07) is 3.52. The second-order valence-electron chi connectivity index (χ2n) is 2.65. The van der Waals surface area contributed by atoms with Crippen LogP contribution in [0.5, 0.6) is 0 Å². The molecule has 0 aliphatic rings. The first-order valence-electron chi connectivity index (χ1n) is 3.65. The van der Waals surface area contributed by atoms with Gasteiger partial charge in [0, 0.05) is 12.4 Å². The Kier molecular flexibility index (Phi) is 1.70. The van der Waals surface area contributed by atoms with E-state index in [9.17, 15) is 0 Å². The molecule has 2 rings (SSSR count). The third kappa shape index (κ3) is 1.36. The van der Waals surface area contributed by atoms with Gasteiger partial charge in [0.15, 0.2) is 0 Å². The summed E-state index contributed by atoms with van der Waals surface area (Å²) in [7, 11) is 0. The van der Waals surface area contributed by atoms with Crippen LogP contribution in [0.3, 0.4) is 0 Å². The summed E-state index contributed by atoms with van der Waals surface area (Å²) < 4.78 is 1.74. The molecule has 0 aliphatic heterocycles. The van der Waals surface area contributed by atoms with Gasteiger partial charge in [-0.25, -0.2) is 4.98 Å². The predicted molar refractivity (Wildman–Crippen MR) is 51.2 cm³/mol. The maximum absolute atomic E-state index is 7.19. The number of amidine groups is 1. The lowest BCUT2D eigenvalue weighted by molar-refractivity contribution is 1.19. The molecule has 0 spiro atoms. The molecule has 13 heavy (non-hydrogen) atoms. The minimum atomic E-state index is -0.0418. The number of nitrogens with zero attached hydrogens (tertiary/aromatic N) is 2. The smallest absolute Gasteiger partial charge is 0.143 e. The number of halogens is 1. The zero-order valence-electron chi connectivity index (χ0n) is 6.66. The first-order valence-corrected chi connectivity index (χ1v) is 4.03. The van der Waals surface area contributed by atoms with Crippen molar-refractivity contribution in [3.05, 3.63) is 35.2 Å². The van der Waals surface area contributed by atoms with Gasteiger partial charge in [0.1, 0.15) is 17.2 Å². The van der Waals surface area contributed by atoms with Crippen molar-refractivity contribution >= 4 is 23.1 Å². The lowest BCUT2D eigenvalue weighted by atomic mass is 10.4. The fourth-order valence-corrected chi connectivity index (χ4v) is 1.26. The highest BCUT2D eigenvalue weighted by molar-refractivity contribution is 6.30. The van der Waals surface area contributed by atoms with Gasteiger partial charge in [0.25, 0.3) is 0 Å². The van der Waals surface area contributed by atoms with Gasteiger partial charge in [-0.15, -0.1) is 0 Å². The van der Waals surface area contributed by atoms with Crippen molar-refractivity contribution < 1.29 is 0 Å². The molecule has 2 aromatic rings. The Labute approximate surface area is 79.5 Å². The first-order chi connectivity index (χ1) is 6.16. The number of nitrogens with two attached hydrogens (primary N) is 1. The number of nitrogens with one attached hydrogen (secondary N) is 1. The van der Waals surface area contributed by atoms with E-state index in [-0.39, 0.29) is 5.84 Å². The molecular formula is C8H7ClN4. The van der Waals surface area contributed by atoms with Crippen LogP contribution in [0.1, 0.15) is 5.69 Å². The minimum absolute atomic E-state index is 0.0418. The fourth-order valence-electron chi connectivity index (χ4n) is 1.09. The molecule has 0 aliphatic carbocycles. The summed E-state index contributed by atoms with van der Waals surface area (Å²) in [5.41, 5.74) is 6.48. The monoisotopic (exact) mass is 194 g/mol. The molecule has 0 atom stereocenters. The molecule has 0 fully saturated rings. The van der Waals surface area contributed by atoms with E-state index in [0.717, 1.165) is 5.65 Å². The van der Waals surface area contributed by atoms with Crippen molar-refractivity contribution in [2.45, 2.75) is 0 Å². The number of fused-ring (bicyclic) bond motifs is 1. The number of aromatic nitrogens is 2. The van der Waals surface area contributed by atoms with Gasteiger partial charge in [0.2, 0.25) is 0 Å². The lowest BCUT2D eigenvalue weighted by Crippen LogP contribution is -2.10. The number of imidazole rings is 1. The maximum Gasteiger partial charge on any atom is 0.143 e. The second kappa shape index (κ2) is 2.74. The molecule has 0 amide bonds. The summed E-state index contributed by atoms with van der Waals surface area (Å²) in [4.78, 5) is 4.11. The van der Waals surface area contributed by atoms with E-state index in [1.807, 2.05) is 0 Å². The molecule has 0 saturated carbocycles. The van der Waals surface area contributed by atoms with Crippen LogP contribution < -0.4 is 5.73 Å². The van der Waals surface area contributed by atoms with Crippen LogP contribution in [0.2, 0.25) is 5.02 Å². The van der Waals surface area contributed by atoms with Gasteiger partial charge >= 0.3 is 0 Å². The molecule has 2 heterocycles. The van der Waals surface area contributed by atoms with Crippen molar-refractivity contribution in [2.75, 3.05) is 0 Å². The molecule has 4 nitrogen and oxygen atoms in total. The Hall–Kier alpha value is -1.55. The third-order valence-corrected chi connectivity index (χ3v) is 1.91. The lowest BCUT2D eigenvalue weighted by Gasteiger charge is -1.91. The van der Waals surface area contributed by atoms with E-state index in [2.05, 4.69) is 4.98 Å². The van der Waals surface area contributed by atoms with Gasteiger partial charge in [-0.2, -0.15) is 0 Å². The summed E-state index contributed by atoms with van der Waals surface area (Å²) in [6.45, 7) is 0. The van der Waals surface area contributed by atoms with Crippen LogP contribution in [0.15, 0.2) is 24.5 Å². The normalized spacial score (nSPS) is 10.5. The Balaban J connectivity index is 2.68. The Morgan fingerprint density at radius 2 is 2.23 bits per heavy atom. The van der Waals surface area contributed by atoms with Crippen molar-refractivity contribution in [2.24, 2.45) is 5.73 Å². The van der Waals surface area contributed by atoms with Gasteiger partial charge in [-0.05, 0) is 12.1 Å². The summed E-state index contributed by atoms with van der Waals surface area (Å²) in [5, 5.41) is 7.82. The molecule has 0 bridgehead atoms. The molecule has 3 N–H and O–H groups in total. The molecule has 66 valence electrons. The topological polar surface area (TPSA) is 67.2 Å². The van der Waals surface area contributed by atoms with Crippen LogP contribution in [-0.4, -0.2) is 15.2 Å². The molecule has 2 aromatic heterocycles. The Morgan fingerprint density at radius 1 is 1.46 bits per heavy atom. The van der Waals surface area contributed by atoms with Gasteiger partial charge in [-0.3, -0.25) is 5.41 Å². The van der Waals surface area contributed by atoms with Crippen LogP contribution >= 0.6 is 11.6 Å². The number of nitrogen functional groups attached to an aromatic ring is 1. The SMILES string of the molecule is N=C(N)c1cn2cc(Cl)ccc2n1. The summed E-state index contributed by atoms with van der Waals surface area (Å²) >= 11 is 5.77. The number of hydrogen-bond acceptors (Lipinski definition) is 2. The van der Waals surface area contributed by atoms with Crippen molar-refractivity contribution in [1.29, 1.82) is 5.41 Å². The van der Waals surface area contributed by atoms with Crippen LogP contribution in [0.4, 0.5) is 0 Å². The van der Waals surface area contributed by atoms with E-state index in [1.165, 1.54) is 0 Å². The van der Waals surface area contributed by atoms with E-state index in [1.54, 1.807) is 28.9 Å². The Morgan fingerprint density at radius 3 is 2.92 bits per heavy atom. The van der Waals surface area contributed by atoms with Crippen molar-refractivity contribution in [3.63, 3.8) is 0 Å². The van der Waals surface area contributed by atoms with E-state index in [4.69, 9.17) is 22.7 Å². The Bertz CT molecular complexity index is 474. The first kappa shape index (κ1) is 8.07. The highest BCUT2D eigenvalue weighted by Crippen LogP contribution is 2.11. The summed E-state index contributed by atoms with van der Waals surface area (Å²) in [6.07, 6.45) is 3.39. The average molecular weight is 195 g/mol. The van der Waals surface area contributed by atoms with E-state index < -0.39 is 0 Å².